The summed E-state index contributed by atoms with van der Waals surface area (Å²) in [7, 11) is 0. The highest BCUT2D eigenvalue weighted by atomic mass is 16.2. The molecule has 2 atom stereocenters. The van der Waals surface area contributed by atoms with E-state index >= 15 is 0 Å². The Morgan fingerprint density at radius 2 is 1.58 bits per heavy atom. The minimum Gasteiger partial charge on any atom is -0.334 e. The van der Waals surface area contributed by atoms with Crippen molar-refractivity contribution in [2.45, 2.75) is 64.5 Å². The third-order valence-electron chi connectivity index (χ3n) is 5.70. The molecular formula is C16H28N2O. The molecule has 1 aliphatic carbocycles. The van der Waals surface area contributed by atoms with E-state index in [4.69, 9.17) is 0 Å². The van der Waals surface area contributed by atoms with Crippen LogP contribution in [0.4, 0.5) is 0 Å². The second-order valence-corrected chi connectivity index (χ2v) is 7.14. The number of piperazine rings is 1. The fourth-order valence-electron chi connectivity index (χ4n) is 4.38. The fraction of sp³-hybridized carbons (Fsp3) is 0.938. The number of carbonyl (C=O) groups excluding carboxylic acids is 1. The molecule has 1 N–H and O–H groups in total. The van der Waals surface area contributed by atoms with Crippen LogP contribution >= 0.6 is 0 Å². The van der Waals surface area contributed by atoms with E-state index in [0.717, 1.165) is 37.8 Å². The summed E-state index contributed by atoms with van der Waals surface area (Å²) in [6.45, 7) is 6.68. The Morgan fingerprint density at radius 1 is 1.00 bits per heavy atom. The highest BCUT2D eigenvalue weighted by Gasteiger charge is 2.42. The molecule has 0 radical (unpaired) electrons. The average molecular weight is 264 g/mol. The third kappa shape index (κ3) is 2.54. The number of hydrogen-bond donors (Lipinski definition) is 1. The Kier molecular flexibility index (Phi) is 3.84. The molecule has 0 aromatic rings. The molecule has 3 heteroatoms. The molecule has 3 nitrogen and oxygen atoms in total. The molecule has 0 spiro atoms. The molecule has 1 saturated carbocycles. The maximum Gasteiger partial charge on any atom is 0.226 e. The highest BCUT2D eigenvalue weighted by molar-refractivity contribution is 5.80. The van der Waals surface area contributed by atoms with E-state index in [1.807, 2.05) is 0 Å². The lowest BCUT2D eigenvalue weighted by Crippen LogP contribution is -2.55. The quantitative estimate of drug-likeness (QED) is 0.830. The van der Waals surface area contributed by atoms with Crippen LogP contribution in [0.15, 0.2) is 0 Å². The van der Waals surface area contributed by atoms with Crippen LogP contribution in [0.3, 0.4) is 0 Å². The zero-order chi connectivity index (χ0) is 13.4. The van der Waals surface area contributed by atoms with Gasteiger partial charge in [-0.05, 0) is 50.4 Å². The first-order chi connectivity index (χ1) is 9.16. The van der Waals surface area contributed by atoms with E-state index in [0.29, 0.717) is 23.9 Å². The van der Waals surface area contributed by atoms with Gasteiger partial charge in [0.1, 0.15) is 0 Å². The van der Waals surface area contributed by atoms with Gasteiger partial charge >= 0.3 is 0 Å². The number of fused-ring (bicyclic) bond motifs is 2. The molecule has 3 rings (SSSR count). The SMILES string of the molecule is CC(C)[C@H]1CC[C@@H](C(=O)N2[C@@H]3CC[C@H]2CNC3)CC1. The number of nitrogens with zero attached hydrogens (tertiary/aromatic N) is 1. The standard InChI is InChI=1S/C16H28N2O/c1-11(2)12-3-5-13(6-4-12)16(19)18-14-7-8-15(18)10-17-9-14/h11-15,17H,3-10H2,1-2H3/t12-,13+,14-,15+. The van der Waals surface area contributed by atoms with Crippen LogP contribution in [-0.4, -0.2) is 36.0 Å². The van der Waals surface area contributed by atoms with Crippen LogP contribution in [-0.2, 0) is 4.79 Å². The van der Waals surface area contributed by atoms with Crippen molar-refractivity contribution < 1.29 is 4.79 Å². The molecule has 3 fully saturated rings. The van der Waals surface area contributed by atoms with Crippen molar-refractivity contribution in [3.05, 3.63) is 0 Å². The van der Waals surface area contributed by atoms with Crippen LogP contribution < -0.4 is 5.32 Å². The summed E-state index contributed by atoms with van der Waals surface area (Å²) in [5.41, 5.74) is 0. The third-order valence-corrected chi connectivity index (χ3v) is 5.70. The molecular weight excluding hydrogens is 236 g/mol. The van der Waals surface area contributed by atoms with Crippen molar-refractivity contribution in [1.29, 1.82) is 0 Å². The summed E-state index contributed by atoms with van der Waals surface area (Å²) in [6.07, 6.45) is 7.20. The number of hydrogen-bond acceptors (Lipinski definition) is 2. The van der Waals surface area contributed by atoms with Crippen LogP contribution in [0, 0.1) is 17.8 Å². The number of carbonyl (C=O) groups is 1. The minimum absolute atomic E-state index is 0.330. The second-order valence-electron chi connectivity index (χ2n) is 7.14. The summed E-state index contributed by atoms with van der Waals surface area (Å²) in [5, 5.41) is 3.46. The van der Waals surface area contributed by atoms with Gasteiger partial charge in [-0.2, -0.15) is 0 Å². The molecule has 2 saturated heterocycles. The predicted octanol–water partition coefficient (Wildman–Crippen LogP) is 2.41. The summed E-state index contributed by atoms with van der Waals surface area (Å²) in [4.78, 5) is 15.0. The van der Waals surface area contributed by atoms with Gasteiger partial charge in [0.15, 0.2) is 0 Å². The van der Waals surface area contributed by atoms with Crippen molar-refractivity contribution in [2.75, 3.05) is 13.1 Å². The maximum atomic E-state index is 12.8. The number of nitrogens with one attached hydrogen (secondary N) is 1. The molecule has 1 amide bonds. The molecule has 0 aromatic heterocycles. The minimum atomic E-state index is 0.330. The summed E-state index contributed by atoms with van der Waals surface area (Å²) >= 11 is 0. The van der Waals surface area contributed by atoms with Gasteiger partial charge in [-0.25, -0.2) is 0 Å². The lowest BCUT2D eigenvalue weighted by molar-refractivity contribution is -0.140. The summed E-state index contributed by atoms with van der Waals surface area (Å²) < 4.78 is 0. The van der Waals surface area contributed by atoms with E-state index in [1.54, 1.807) is 0 Å². The largest absolute Gasteiger partial charge is 0.334 e. The molecule has 2 bridgehead atoms. The number of amides is 1. The van der Waals surface area contributed by atoms with E-state index in [-0.39, 0.29) is 0 Å². The zero-order valence-electron chi connectivity index (χ0n) is 12.4. The first-order valence-corrected chi connectivity index (χ1v) is 8.19. The summed E-state index contributed by atoms with van der Waals surface area (Å²) in [5.74, 6) is 2.45. The summed E-state index contributed by atoms with van der Waals surface area (Å²) in [6, 6.07) is 0.989. The van der Waals surface area contributed by atoms with Gasteiger partial charge in [-0.1, -0.05) is 13.8 Å². The number of rotatable bonds is 2. The molecule has 0 aromatic carbocycles. The highest BCUT2D eigenvalue weighted by Crippen LogP contribution is 2.36. The maximum absolute atomic E-state index is 12.8. The molecule has 2 heterocycles. The van der Waals surface area contributed by atoms with Crippen LogP contribution in [0.2, 0.25) is 0 Å². The van der Waals surface area contributed by atoms with E-state index < -0.39 is 0 Å². The van der Waals surface area contributed by atoms with Crippen molar-refractivity contribution in [1.82, 2.24) is 10.2 Å². The van der Waals surface area contributed by atoms with Gasteiger partial charge in [-0.3, -0.25) is 4.79 Å². The van der Waals surface area contributed by atoms with Gasteiger partial charge in [0.2, 0.25) is 5.91 Å². The van der Waals surface area contributed by atoms with Crippen molar-refractivity contribution in [3.63, 3.8) is 0 Å². The zero-order valence-corrected chi connectivity index (χ0v) is 12.4. The normalized spacial score (nSPS) is 38.8. The predicted molar refractivity (Wildman–Crippen MR) is 76.8 cm³/mol. The fourth-order valence-corrected chi connectivity index (χ4v) is 4.38. The lowest BCUT2D eigenvalue weighted by atomic mass is 9.76. The van der Waals surface area contributed by atoms with Gasteiger partial charge in [0.05, 0.1) is 0 Å². The Labute approximate surface area is 117 Å². The monoisotopic (exact) mass is 264 g/mol. The van der Waals surface area contributed by atoms with Crippen LogP contribution in [0.5, 0.6) is 0 Å². The van der Waals surface area contributed by atoms with Crippen molar-refractivity contribution in [2.24, 2.45) is 17.8 Å². The first kappa shape index (κ1) is 13.4. The molecule has 19 heavy (non-hydrogen) atoms. The van der Waals surface area contributed by atoms with Crippen molar-refractivity contribution >= 4 is 5.91 Å². The van der Waals surface area contributed by atoms with Crippen LogP contribution in [0.25, 0.3) is 0 Å². The van der Waals surface area contributed by atoms with E-state index in [1.165, 1.54) is 25.7 Å². The topological polar surface area (TPSA) is 32.3 Å². The van der Waals surface area contributed by atoms with Gasteiger partial charge in [-0.15, -0.1) is 0 Å². The van der Waals surface area contributed by atoms with Gasteiger partial charge < -0.3 is 10.2 Å². The second kappa shape index (κ2) is 5.43. The lowest BCUT2D eigenvalue weighted by Gasteiger charge is -2.39. The van der Waals surface area contributed by atoms with Gasteiger partial charge in [0, 0.05) is 31.1 Å². The molecule has 108 valence electrons. The Hall–Kier alpha value is -0.570. The Morgan fingerprint density at radius 3 is 2.11 bits per heavy atom. The first-order valence-electron chi connectivity index (χ1n) is 8.19. The molecule has 2 aliphatic heterocycles. The average Bonchev–Trinajstić information content (AvgIpc) is 2.67. The Balaban J connectivity index is 1.60. The smallest absolute Gasteiger partial charge is 0.226 e. The van der Waals surface area contributed by atoms with Gasteiger partial charge in [0.25, 0.3) is 0 Å². The van der Waals surface area contributed by atoms with Crippen molar-refractivity contribution in [3.8, 4) is 0 Å². The van der Waals surface area contributed by atoms with E-state index in [9.17, 15) is 4.79 Å². The van der Waals surface area contributed by atoms with Crippen LogP contribution in [0.1, 0.15) is 52.4 Å². The molecule has 3 aliphatic rings. The molecule has 0 unspecified atom stereocenters. The van der Waals surface area contributed by atoms with E-state index in [2.05, 4.69) is 24.1 Å². The Bertz CT molecular complexity index is 318.